The number of nitrogen functional groups attached to an aromatic ring is 1. The quantitative estimate of drug-likeness (QED) is 0.508. The van der Waals surface area contributed by atoms with Crippen LogP contribution in [0.2, 0.25) is 0 Å². The molecule has 0 radical (unpaired) electrons. The number of para-hydroxylation sites is 1. The standard InChI is InChI=1S/C18H18N4OS/c19-17-13-24-18(21-17)22-20-12-15-8-4-5-9-16(15)23-11-10-14-6-2-1-3-7-14/h1-9,12-13H,10-11,19H2,(H,21,22). The van der Waals surface area contributed by atoms with Crippen molar-refractivity contribution in [2.24, 2.45) is 5.10 Å². The van der Waals surface area contributed by atoms with Crippen molar-refractivity contribution in [3.05, 3.63) is 71.1 Å². The van der Waals surface area contributed by atoms with Gasteiger partial charge in [0.1, 0.15) is 11.6 Å². The smallest absolute Gasteiger partial charge is 0.205 e. The first-order chi connectivity index (χ1) is 11.8. The van der Waals surface area contributed by atoms with E-state index in [1.807, 2.05) is 42.5 Å². The summed E-state index contributed by atoms with van der Waals surface area (Å²) in [6.07, 6.45) is 2.58. The van der Waals surface area contributed by atoms with Crippen molar-refractivity contribution in [2.75, 3.05) is 17.8 Å². The lowest BCUT2D eigenvalue weighted by Gasteiger charge is -2.09. The van der Waals surface area contributed by atoms with Gasteiger partial charge >= 0.3 is 0 Å². The molecule has 3 aromatic rings. The van der Waals surface area contributed by atoms with Gasteiger partial charge in [-0.1, -0.05) is 42.5 Å². The Morgan fingerprint density at radius 2 is 1.92 bits per heavy atom. The number of anilines is 2. The Morgan fingerprint density at radius 1 is 1.12 bits per heavy atom. The number of aromatic nitrogens is 1. The average molecular weight is 338 g/mol. The van der Waals surface area contributed by atoms with Crippen molar-refractivity contribution in [3.63, 3.8) is 0 Å². The molecule has 0 saturated carbocycles. The summed E-state index contributed by atoms with van der Waals surface area (Å²) in [6.45, 7) is 0.616. The summed E-state index contributed by atoms with van der Waals surface area (Å²) in [7, 11) is 0. The molecule has 0 aliphatic heterocycles. The second kappa shape index (κ2) is 8.12. The first kappa shape index (κ1) is 16.0. The third-order valence-corrected chi connectivity index (χ3v) is 4.06. The number of ether oxygens (including phenoxy) is 1. The molecule has 0 amide bonds. The third-order valence-electron chi connectivity index (χ3n) is 3.30. The molecule has 5 nitrogen and oxygen atoms in total. The number of benzene rings is 2. The van der Waals surface area contributed by atoms with Crippen LogP contribution < -0.4 is 15.9 Å². The number of thiazole rings is 1. The van der Waals surface area contributed by atoms with Crippen LogP contribution in [0.4, 0.5) is 10.9 Å². The molecular weight excluding hydrogens is 320 g/mol. The van der Waals surface area contributed by atoms with Gasteiger partial charge in [0.25, 0.3) is 0 Å². The number of hydrazone groups is 1. The first-order valence-electron chi connectivity index (χ1n) is 7.57. The number of nitrogens with one attached hydrogen (secondary N) is 1. The van der Waals surface area contributed by atoms with Gasteiger partial charge in [-0.3, -0.25) is 5.43 Å². The molecule has 0 unspecified atom stereocenters. The normalized spacial score (nSPS) is 10.8. The van der Waals surface area contributed by atoms with Crippen molar-refractivity contribution >= 4 is 28.5 Å². The van der Waals surface area contributed by atoms with Gasteiger partial charge in [-0.25, -0.2) is 4.98 Å². The lowest BCUT2D eigenvalue weighted by Crippen LogP contribution is -2.03. The summed E-state index contributed by atoms with van der Waals surface area (Å²) in [5, 5.41) is 6.61. The second-order valence-electron chi connectivity index (χ2n) is 5.07. The molecular formula is C18H18N4OS. The van der Waals surface area contributed by atoms with Crippen LogP contribution in [-0.4, -0.2) is 17.8 Å². The number of nitrogens with two attached hydrogens (primary N) is 1. The zero-order valence-corrected chi connectivity index (χ0v) is 13.9. The van der Waals surface area contributed by atoms with Gasteiger partial charge in [0.05, 0.1) is 12.8 Å². The van der Waals surface area contributed by atoms with E-state index in [4.69, 9.17) is 10.5 Å². The monoisotopic (exact) mass is 338 g/mol. The van der Waals surface area contributed by atoms with E-state index in [0.29, 0.717) is 17.6 Å². The molecule has 0 spiro atoms. The van der Waals surface area contributed by atoms with Crippen LogP contribution in [0.5, 0.6) is 5.75 Å². The molecule has 0 saturated heterocycles. The summed E-state index contributed by atoms with van der Waals surface area (Å²) < 4.78 is 5.90. The highest BCUT2D eigenvalue weighted by molar-refractivity contribution is 7.14. The van der Waals surface area contributed by atoms with Crippen LogP contribution in [0, 0.1) is 0 Å². The zero-order valence-electron chi connectivity index (χ0n) is 13.1. The highest BCUT2D eigenvalue weighted by atomic mass is 32.1. The van der Waals surface area contributed by atoms with E-state index in [2.05, 4.69) is 27.6 Å². The van der Waals surface area contributed by atoms with E-state index in [-0.39, 0.29) is 0 Å². The maximum absolute atomic E-state index is 5.90. The van der Waals surface area contributed by atoms with Crippen molar-refractivity contribution in [1.29, 1.82) is 0 Å². The molecule has 3 rings (SSSR count). The third kappa shape index (κ3) is 4.57. The topological polar surface area (TPSA) is 72.5 Å². The average Bonchev–Trinajstić information content (AvgIpc) is 3.02. The van der Waals surface area contributed by atoms with E-state index in [0.717, 1.165) is 17.7 Å². The Morgan fingerprint density at radius 3 is 2.71 bits per heavy atom. The molecule has 122 valence electrons. The van der Waals surface area contributed by atoms with Gasteiger partial charge < -0.3 is 10.5 Å². The minimum atomic E-state index is 0.488. The maximum atomic E-state index is 5.90. The predicted octanol–water partition coefficient (Wildman–Crippen LogP) is 3.79. The predicted molar refractivity (Wildman–Crippen MR) is 99.8 cm³/mol. The minimum Gasteiger partial charge on any atom is -0.493 e. The van der Waals surface area contributed by atoms with E-state index in [9.17, 15) is 0 Å². The summed E-state index contributed by atoms with van der Waals surface area (Å²) in [6, 6.07) is 18.1. The van der Waals surface area contributed by atoms with Crippen LogP contribution in [-0.2, 0) is 6.42 Å². The Balaban J connectivity index is 1.58. The summed E-state index contributed by atoms with van der Waals surface area (Å²) in [4.78, 5) is 4.09. The molecule has 0 aliphatic carbocycles. The second-order valence-corrected chi connectivity index (χ2v) is 5.93. The number of rotatable bonds is 7. The Kier molecular flexibility index (Phi) is 5.42. The number of nitrogens with zero attached hydrogens (tertiary/aromatic N) is 2. The van der Waals surface area contributed by atoms with Gasteiger partial charge in [-0.2, -0.15) is 5.10 Å². The lowest BCUT2D eigenvalue weighted by atomic mass is 10.2. The van der Waals surface area contributed by atoms with Crippen LogP contribution in [0.15, 0.2) is 65.1 Å². The van der Waals surface area contributed by atoms with Gasteiger partial charge in [0.15, 0.2) is 0 Å². The van der Waals surface area contributed by atoms with Crippen molar-refractivity contribution in [1.82, 2.24) is 4.98 Å². The van der Waals surface area contributed by atoms with E-state index in [1.54, 1.807) is 11.6 Å². The molecule has 0 bridgehead atoms. The van der Waals surface area contributed by atoms with Gasteiger partial charge in [-0.15, -0.1) is 11.3 Å². The highest BCUT2D eigenvalue weighted by Crippen LogP contribution is 2.18. The van der Waals surface area contributed by atoms with Crippen LogP contribution in [0.1, 0.15) is 11.1 Å². The zero-order chi connectivity index (χ0) is 16.6. The Hall–Kier alpha value is -2.86. The fourth-order valence-corrected chi connectivity index (χ4v) is 2.69. The molecule has 1 aromatic heterocycles. The maximum Gasteiger partial charge on any atom is 0.205 e. The summed E-state index contributed by atoms with van der Waals surface area (Å²) in [5.41, 5.74) is 10.6. The molecule has 24 heavy (non-hydrogen) atoms. The van der Waals surface area contributed by atoms with Crippen LogP contribution >= 0.6 is 11.3 Å². The fourth-order valence-electron chi connectivity index (χ4n) is 2.14. The summed E-state index contributed by atoms with van der Waals surface area (Å²) >= 11 is 1.41. The number of hydrogen-bond donors (Lipinski definition) is 2. The molecule has 1 heterocycles. The molecule has 6 heteroatoms. The molecule has 0 atom stereocenters. The van der Waals surface area contributed by atoms with Gasteiger partial charge in [0.2, 0.25) is 5.13 Å². The first-order valence-corrected chi connectivity index (χ1v) is 8.45. The SMILES string of the molecule is Nc1csc(NN=Cc2ccccc2OCCc2ccccc2)n1. The summed E-state index contributed by atoms with van der Waals surface area (Å²) in [5.74, 6) is 1.29. The Bertz CT molecular complexity index is 802. The lowest BCUT2D eigenvalue weighted by molar-refractivity contribution is 0.321. The van der Waals surface area contributed by atoms with Crippen LogP contribution in [0.3, 0.4) is 0 Å². The van der Waals surface area contributed by atoms with Crippen LogP contribution in [0.25, 0.3) is 0 Å². The van der Waals surface area contributed by atoms with E-state index in [1.165, 1.54) is 16.9 Å². The molecule has 0 aliphatic rings. The number of hydrogen-bond acceptors (Lipinski definition) is 6. The van der Waals surface area contributed by atoms with E-state index >= 15 is 0 Å². The fraction of sp³-hybridized carbons (Fsp3) is 0.111. The van der Waals surface area contributed by atoms with E-state index < -0.39 is 0 Å². The van der Waals surface area contributed by atoms with Gasteiger partial charge in [0, 0.05) is 17.4 Å². The van der Waals surface area contributed by atoms with Crippen molar-refractivity contribution in [3.8, 4) is 5.75 Å². The van der Waals surface area contributed by atoms with Crippen molar-refractivity contribution in [2.45, 2.75) is 6.42 Å². The molecule has 0 fully saturated rings. The minimum absolute atomic E-state index is 0.488. The largest absolute Gasteiger partial charge is 0.493 e. The Labute approximate surface area is 144 Å². The van der Waals surface area contributed by atoms with Crippen molar-refractivity contribution < 1.29 is 4.74 Å². The highest BCUT2D eigenvalue weighted by Gasteiger charge is 2.01. The molecule has 2 aromatic carbocycles. The van der Waals surface area contributed by atoms with Gasteiger partial charge in [-0.05, 0) is 17.7 Å². The molecule has 3 N–H and O–H groups in total.